The van der Waals surface area contributed by atoms with Crippen molar-refractivity contribution >= 4 is 9.84 Å². The zero-order valence-corrected chi connectivity index (χ0v) is 13.1. The van der Waals surface area contributed by atoms with Crippen molar-refractivity contribution in [3.05, 3.63) is 65.5 Å². The second-order valence-electron chi connectivity index (χ2n) is 5.80. The number of hydrogen-bond acceptors (Lipinski definition) is 3. The second-order valence-corrected chi connectivity index (χ2v) is 7.91. The summed E-state index contributed by atoms with van der Waals surface area (Å²) in [6.45, 7) is 2.18. The molecule has 3 atom stereocenters. The minimum absolute atomic E-state index is 0.159. The summed E-state index contributed by atoms with van der Waals surface area (Å²) in [7, 11) is -3.46. The second kappa shape index (κ2) is 5.48. The number of rotatable bonds is 4. The van der Waals surface area contributed by atoms with Crippen LogP contribution < -0.4 is 5.73 Å². The molecule has 22 heavy (non-hydrogen) atoms. The average Bonchev–Trinajstić information content (AvgIpc) is 3.23. The first kappa shape index (κ1) is 15.2. The first-order valence-corrected chi connectivity index (χ1v) is 8.76. The van der Waals surface area contributed by atoms with Gasteiger partial charge >= 0.3 is 0 Å². The Balaban J connectivity index is 1.95. The van der Waals surface area contributed by atoms with Crippen LogP contribution >= 0.6 is 0 Å². The summed E-state index contributed by atoms with van der Waals surface area (Å²) in [6.07, 6.45) is 0. The monoisotopic (exact) mass is 319 g/mol. The molecule has 0 aromatic heterocycles. The molecule has 2 N–H and O–H groups in total. The minimum Gasteiger partial charge on any atom is -0.330 e. The molecule has 1 aliphatic rings. The Kier molecular flexibility index (Phi) is 3.78. The van der Waals surface area contributed by atoms with Crippen molar-refractivity contribution in [3.8, 4) is 0 Å². The normalized spacial score (nSPS) is 24.2. The molecule has 3 nitrogen and oxygen atoms in total. The molecule has 5 heteroatoms. The van der Waals surface area contributed by atoms with Gasteiger partial charge in [0.1, 0.15) is 5.82 Å². The highest BCUT2D eigenvalue weighted by molar-refractivity contribution is 7.92. The lowest BCUT2D eigenvalue weighted by molar-refractivity contribution is 0.591. The van der Waals surface area contributed by atoms with Gasteiger partial charge in [-0.1, -0.05) is 29.8 Å². The molecule has 1 saturated carbocycles. The molecule has 0 bridgehead atoms. The highest BCUT2D eigenvalue weighted by Crippen LogP contribution is 2.53. The largest absolute Gasteiger partial charge is 0.330 e. The Hall–Kier alpha value is -1.72. The number of hydrogen-bond donors (Lipinski definition) is 1. The predicted octanol–water partition coefficient (Wildman–Crippen LogP) is 2.65. The molecule has 116 valence electrons. The quantitative estimate of drug-likeness (QED) is 0.942. The molecule has 1 aliphatic carbocycles. The van der Waals surface area contributed by atoms with Gasteiger partial charge in [0.2, 0.25) is 0 Å². The Morgan fingerprint density at radius 2 is 1.82 bits per heavy atom. The fourth-order valence-electron chi connectivity index (χ4n) is 3.08. The summed E-state index contributed by atoms with van der Waals surface area (Å²) in [5.41, 5.74) is 7.44. The standard InChI is InChI=1S/C17H18FNO2S/c1-11-5-7-14(8-6-11)22(20,21)17-15(10-19)16(17)12-3-2-4-13(18)9-12/h2-9,15-17H,10,19H2,1H3/t15-,16-,17-/m0/s1. The van der Waals surface area contributed by atoms with E-state index >= 15 is 0 Å². The van der Waals surface area contributed by atoms with Crippen LogP contribution in [0.3, 0.4) is 0 Å². The number of sulfone groups is 1. The van der Waals surface area contributed by atoms with Gasteiger partial charge < -0.3 is 5.73 Å². The summed E-state index contributed by atoms with van der Waals surface area (Å²) in [4.78, 5) is 0.306. The highest BCUT2D eigenvalue weighted by atomic mass is 32.2. The summed E-state index contributed by atoms with van der Waals surface area (Å²) < 4.78 is 39.0. The van der Waals surface area contributed by atoms with Crippen LogP contribution in [0, 0.1) is 18.7 Å². The van der Waals surface area contributed by atoms with Gasteiger partial charge in [-0.2, -0.15) is 0 Å². The zero-order chi connectivity index (χ0) is 15.9. The molecular weight excluding hydrogens is 301 g/mol. The van der Waals surface area contributed by atoms with E-state index in [1.54, 1.807) is 36.4 Å². The van der Waals surface area contributed by atoms with Gasteiger partial charge in [0.05, 0.1) is 10.1 Å². The maximum Gasteiger partial charge on any atom is 0.182 e. The third-order valence-electron chi connectivity index (χ3n) is 4.31. The Morgan fingerprint density at radius 1 is 1.14 bits per heavy atom. The van der Waals surface area contributed by atoms with Gasteiger partial charge in [-0.05, 0) is 49.2 Å². The minimum atomic E-state index is -3.46. The lowest BCUT2D eigenvalue weighted by Gasteiger charge is -2.05. The smallest absolute Gasteiger partial charge is 0.182 e. The average molecular weight is 319 g/mol. The summed E-state index contributed by atoms with van der Waals surface area (Å²) in [5, 5.41) is -0.568. The molecule has 2 aromatic carbocycles. The van der Waals surface area contributed by atoms with Gasteiger partial charge in [-0.3, -0.25) is 0 Å². The number of halogens is 1. The molecule has 1 fully saturated rings. The fourth-order valence-corrected chi connectivity index (χ4v) is 5.31. The van der Waals surface area contributed by atoms with E-state index in [9.17, 15) is 12.8 Å². The van der Waals surface area contributed by atoms with Gasteiger partial charge in [-0.15, -0.1) is 0 Å². The number of aryl methyl sites for hydroxylation is 1. The third kappa shape index (κ3) is 2.55. The van der Waals surface area contributed by atoms with Crippen LogP contribution in [0.25, 0.3) is 0 Å². The lowest BCUT2D eigenvalue weighted by Crippen LogP contribution is -2.13. The van der Waals surface area contributed by atoms with E-state index in [0.717, 1.165) is 5.56 Å². The first-order chi connectivity index (χ1) is 10.4. The van der Waals surface area contributed by atoms with Crippen LogP contribution in [-0.2, 0) is 9.84 Å². The molecule has 0 unspecified atom stereocenters. The number of nitrogens with two attached hydrogens (primary N) is 1. The van der Waals surface area contributed by atoms with Crippen molar-refractivity contribution in [2.75, 3.05) is 6.54 Å². The number of benzene rings is 2. The van der Waals surface area contributed by atoms with Crippen LogP contribution in [0.4, 0.5) is 4.39 Å². The van der Waals surface area contributed by atoms with Crippen LogP contribution in [0.1, 0.15) is 17.0 Å². The van der Waals surface area contributed by atoms with Crippen LogP contribution in [-0.4, -0.2) is 20.2 Å². The maximum atomic E-state index is 13.4. The summed E-state index contributed by atoms with van der Waals surface area (Å²) in [5.74, 6) is -0.744. The van der Waals surface area contributed by atoms with E-state index in [0.29, 0.717) is 10.5 Å². The van der Waals surface area contributed by atoms with E-state index in [2.05, 4.69) is 0 Å². The Morgan fingerprint density at radius 3 is 2.41 bits per heavy atom. The molecule has 0 radical (unpaired) electrons. The summed E-state index contributed by atoms with van der Waals surface area (Å²) in [6, 6.07) is 12.9. The molecular formula is C17H18FNO2S. The van der Waals surface area contributed by atoms with Gasteiger partial charge in [0.15, 0.2) is 9.84 Å². The van der Waals surface area contributed by atoms with Gasteiger partial charge in [0, 0.05) is 5.92 Å². The topological polar surface area (TPSA) is 60.2 Å². The summed E-state index contributed by atoms with van der Waals surface area (Å²) >= 11 is 0. The Bertz CT molecular complexity index is 787. The van der Waals surface area contributed by atoms with Crippen LogP contribution in [0.2, 0.25) is 0 Å². The zero-order valence-electron chi connectivity index (χ0n) is 12.2. The lowest BCUT2D eigenvalue weighted by atomic mass is 10.1. The molecule has 3 rings (SSSR count). The van der Waals surface area contributed by atoms with Crippen molar-refractivity contribution in [2.24, 2.45) is 11.7 Å². The fraction of sp³-hybridized carbons (Fsp3) is 0.294. The van der Waals surface area contributed by atoms with Gasteiger partial charge in [0.25, 0.3) is 0 Å². The molecule has 0 amide bonds. The molecule has 0 saturated heterocycles. The van der Waals surface area contributed by atoms with Crippen molar-refractivity contribution in [2.45, 2.75) is 23.0 Å². The molecule has 0 heterocycles. The molecule has 0 aliphatic heterocycles. The maximum absolute atomic E-state index is 13.4. The van der Waals surface area contributed by atoms with E-state index < -0.39 is 15.1 Å². The van der Waals surface area contributed by atoms with Crippen LogP contribution in [0.5, 0.6) is 0 Å². The third-order valence-corrected chi connectivity index (χ3v) is 6.60. The van der Waals surface area contributed by atoms with E-state index in [-0.39, 0.29) is 24.2 Å². The Labute approximate surface area is 129 Å². The van der Waals surface area contributed by atoms with Crippen molar-refractivity contribution in [1.29, 1.82) is 0 Å². The predicted molar refractivity (Wildman–Crippen MR) is 83.8 cm³/mol. The van der Waals surface area contributed by atoms with E-state index in [4.69, 9.17) is 5.73 Å². The van der Waals surface area contributed by atoms with E-state index in [1.807, 2.05) is 6.92 Å². The molecule has 2 aromatic rings. The van der Waals surface area contributed by atoms with Gasteiger partial charge in [-0.25, -0.2) is 12.8 Å². The first-order valence-electron chi connectivity index (χ1n) is 7.21. The van der Waals surface area contributed by atoms with Crippen molar-refractivity contribution < 1.29 is 12.8 Å². The molecule has 0 spiro atoms. The van der Waals surface area contributed by atoms with Crippen molar-refractivity contribution in [1.82, 2.24) is 0 Å². The van der Waals surface area contributed by atoms with Crippen molar-refractivity contribution in [3.63, 3.8) is 0 Å². The highest BCUT2D eigenvalue weighted by Gasteiger charge is 2.58. The van der Waals surface area contributed by atoms with E-state index in [1.165, 1.54) is 12.1 Å². The van der Waals surface area contributed by atoms with Crippen LogP contribution in [0.15, 0.2) is 53.4 Å². The SMILES string of the molecule is Cc1ccc(S(=O)(=O)[C@H]2[C@@H](CN)[C@@H]2c2cccc(F)c2)cc1.